The van der Waals surface area contributed by atoms with Crippen LogP contribution in [0, 0.1) is 0 Å². The quantitative estimate of drug-likeness (QED) is 0.340. The van der Waals surface area contributed by atoms with Crippen molar-refractivity contribution in [2.24, 2.45) is 5.73 Å². The van der Waals surface area contributed by atoms with Gasteiger partial charge < -0.3 is 31.3 Å². The van der Waals surface area contributed by atoms with Crippen LogP contribution in [0.15, 0.2) is 18.2 Å². The number of ether oxygens (including phenoxy) is 1. The van der Waals surface area contributed by atoms with E-state index in [1.54, 1.807) is 10.6 Å². The van der Waals surface area contributed by atoms with E-state index >= 15 is 0 Å². The van der Waals surface area contributed by atoms with E-state index in [9.17, 15) is 41.1 Å². The van der Waals surface area contributed by atoms with E-state index in [-0.39, 0.29) is 13.2 Å². The van der Waals surface area contributed by atoms with Crippen LogP contribution in [0.1, 0.15) is 5.56 Å². The van der Waals surface area contributed by atoms with Gasteiger partial charge >= 0.3 is 12.2 Å². The molecule has 0 saturated carbocycles. The average Bonchev–Trinajstić information content (AvgIpc) is 2.70. The summed E-state index contributed by atoms with van der Waals surface area (Å²) in [6.07, 6.45) is -7.82. The lowest BCUT2D eigenvalue weighted by Gasteiger charge is -2.29. The van der Waals surface area contributed by atoms with Gasteiger partial charge in [0, 0.05) is 12.2 Å². The molecule has 2 rings (SSSR count). The third-order valence-corrected chi connectivity index (χ3v) is 4.09. The molecule has 0 aliphatic carbocycles. The molecule has 1 fully saturated rings. The van der Waals surface area contributed by atoms with Crippen LogP contribution in [0.2, 0.25) is 0 Å². The second kappa shape index (κ2) is 10.2. The number of carbonyl (C=O) groups excluding carboxylic acids is 4. The van der Waals surface area contributed by atoms with Crippen molar-refractivity contribution in [1.29, 1.82) is 0 Å². The Balaban J connectivity index is 2.23. The van der Waals surface area contributed by atoms with Gasteiger partial charge in [-0.05, 0) is 18.2 Å². The summed E-state index contributed by atoms with van der Waals surface area (Å²) in [5.74, 6) is -3.39. The molecule has 0 bridgehead atoms. The fourth-order valence-electron chi connectivity index (χ4n) is 2.68. The Hall–Kier alpha value is -3.49. The molecule has 1 heterocycles. The summed E-state index contributed by atoms with van der Waals surface area (Å²) in [6, 6.07) is -0.863. The third-order valence-electron chi connectivity index (χ3n) is 4.09. The number of hydrogen-bond donors (Lipinski definition) is 4. The van der Waals surface area contributed by atoms with Gasteiger partial charge in [-0.1, -0.05) is 0 Å². The lowest BCUT2D eigenvalue weighted by atomic mass is 10.1. The predicted molar refractivity (Wildman–Crippen MR) is 98.8 cm³/mol. The van der Waals surface area contributed by atoms with Gasteiger partial charge in [-0.25, -0.2) is 13.6 Å². The van der Waals surface area contributed by atoms with E-state index in [0.29, 0.717) is 6.07 Å². The SMILES string of the molecule is NC(=O)[C@H](NC(=O)NCC(F)F)C(=O)Nc1ccc(N2CCOCC2=O)c(C(F)(F)F)c1. The molecule has 5 amide bonds. The number of nitrogens with one attached hydrogen (secondary N) is 3. The van der Waals surface area contributed by atoms with Gasteiger partial charge in [0.15, 0.2) is 6.04 Å². The highest BCUT2D eigenvalue weighted by atomic mass is 19.4. The van der Waals surface area contributed by atoms with Crippen LogP contribution in [0.3, 0.4) is 0 Å². The van der Waals surface area contributed by atoms with E-state index in [2.05, 4.69) is 0 Å². The van der Waals surface area contributed by atoms with Gasteiger partial charge in [-0.15, -0.1) is 0 Å². The Morgan fingerprint density at radius 1 is 1.22 bits per heavy atom. The molecule has 32 heavy (non-hydrogen) atoms. The van der Waals surface area contributed by atoms with Crippen LogP contribution in [0.25, 0.3) is 0 Å². The number of nitrogens with two attached hydrogens (primary N) is 1. The minimum absolute atomic E-state index is 0.0289. The van der Waals surface area contributed by atoms with Crippen molar-refractivity contribution >= 4 is 35.1 Å². The Bertz CT molecular complexity index is 895. The smallest absolute Gasteiger partial charge is 0.370 e. The highest BCUT2D eigenvalue weighted by Crippen LogP contribution is 2.38. The number of hydrogen-bond acceptors (Lipinski definition) is 5. The number of alkyl halides is 5. The lowest BCUT2D eigenvalue weighted by Crippen LogP contribution is -2.54. The number of primary amides is 1. The average molecular weight is 467 g/mol. The van der Waals surface area contributed by atoms with Gasteiger partial charge in [-0.2, -0.15) is 13.2 Å². The number of urea groups is 1. The van der Waals surface area contributed by atoms with Crippen LogP contribution in [0.4, 0.5) is 38.1 Å². The van der Waals surface area contributed by atoms with Crippen LogP contribution in [0.5, 0.6) is 0 Å². The lowest BCUT2D eigenvalue weighted by molar-refractivity contribution is -0.137. The number of morpholine rings is 1. The summed E-state index contributed by atoms with van der Waals surface area (Å²) in [4.78, 5) is 48.0. The van der Waals surface area contributed by atoms with E-state index in [4.69, 9.17) is 10.5 Å². The molecular weight excluding hydrogens is 449 g/mol. The minimum Gasteiger partial charge on any atom is -0.370 e. The molecule has 0 radical (unpaired) electrons. The van der Waals surface area contributed by atoms with Crippen molar-refractivity contribution in [3.8, 4) is 0 Å². The fourth-order valence-corrected chi connectivity index (χ4v) is 2.68. The molecule has 1 atom stereocenters. The maximum atomic E-state index is 13.6. The molecule has 176 valence electrons. The molecule has 1 aliphatic rings. The zero-order valence-corrected chi connectivity index (χ0v) is 16.2. The first kappa shape index (κ1) is 24.8. The number of amides is 5. The van der Waals surface area contributed by atoms with Crippen LogP contribution < -0.4 is 26.6 Å². The Kier molecular flexibility index (Phi) is 7.91. The first-order valence-corrected chi connectivity index (χ1v) is 8.92. The van der Waals surface area contributed by atoms with Crippen molar-refractivity contribution in [2.45, 2.75) is 18.6 Å². The van der Waals surface area contributed by atoms with Crippen LogP contribution >= 0.6 is 0 Å². The number of benzene rings is 1. The Morgan fingerprint density at radius 2 is 1.91 bits per heavy atom. The third kappa shape index (κ3) is 6.50. The normalized spacial score (nSPS) is 15.3. The number of rotatable bonds is 7. The van der Waals surface area contributed by atoms with E-state index in [1.165, 1.54) is 0 Å². The van der Waals surface area contributed by atoms with Gasteiger partial charge in [0.1, 0.15) is 6.61 Å². The fraction of sp³-hybridized carbons (Fsp3) is 0.412. The van der Waals surface area contributed by atoms with Crippen molar-refractivity contribution in [3.05, 3.63) is 23.8 Å². The minimum atomic E-state index is -4.91. The van der Waals surface area contributed by atoms with E-state index in [0.717, 1.165) is 17.0 Å². The molecule has 0 spiro atoms. The van der Waals surface area contributed by atoms with Gasteiger partial charge in [0.25, 0.3) is 18.2 Å². The molecule has 1 aromatic carbocycles. The number of nitrogens with zero attached hydrogens (tertiary/aromatic N) is 1. The summed E-state index contributed by atoms with van der Waals surface area (Å²) in [6.45, 7) is -1.55. The van der Waals surface area contributed by atoms with Crippen LogP contribution in [-0.4, -0.2) is 62.5 Å². The molecule has 1 aromatic rings. The summed E-state index contributed by atoms with van der Waals surface area (Å²) in [7, 11) is 0. The molecule has 10 nitrogen and oxygen atoms in total. The summed E-state index contributed by atoms with van der Waals surface area (Å²) >= 11 is 0. The van der Waals surface area contributed by atoms with E-state index in [1.807, 2.05) is 5.32 Å². The predicted octanol–water partition coefficient (Wildman–Crippen LogP) is 0.425. The second-order valence-electron chi connectivity index (χ2n) is 6.40. The van der Waals surface area contributed by atoms with Gasteiger partial charge in [0.2, 0.25) is 5.91 Å². The monoisotopic (exact) mass is 467 g/mol. The number of halogens is 5. The molecule has 1 aliphatic heterocycles. The van der Waals surface area contributed by atoms with Crippen molar-refractivity contribution in [2.75, 3.05) is 36.5 Å². The first-order valence-electron chi connectivity index (χ1n) is 8.92. The maximum absolute atomic E-state index is 13.6. The van der Waals surface area contributed by atoms with Gasteiger partial charge in [0.05, 0.1) is 24.4 Å². The molecule has 5 N–H and O–H groups in total. The summed E-state index contributed by atoms with van der Waals surface area (Å²) < 4.78 is 69.9. The zero-order chi connectivity index (χ0) is 24.1. The Labute approximate surface area is 177 Å². The maximum Gasteiger partial charge on any atom is 0.418 e. The zero-order valence-electron chi connectivity index (χ0n) is 16.2. The standard InChI is InChI=1S/C17H18F5N5O5/c18-11(19)6-24-16(31)26-13(14(23)29)15(30)25-8-1-2-10(9(5-8)17(20,21)22)27-3-4-32-7-12(27)28/h1-2,5,11,13H,3-4,6-7H2,(H2,23,29)(H,25,30)(H2,24,26,31)/t13-/m0/s1. The first-order chi connectivity index (χ1) is 14.9. The van der Waals surface area contributed by atoms with Crippen molar-refractivity contribution in [3.63, 3.8) is 0 Å². The molecule has 1 saturated heterocycles. The molecule has 15 heteroatoms. The second-order valence-corrected chi connectivity index (χ2v) is 6.40. The summed E-state index contributed by atoms with van der Waals surface area (Å²) in [5, 5.41) is 5.41. The van der Waals surface area contributed by atoms with Crippen molar-refractivity contribution < 1.29 is 45.9 Å². The van der Waals surface area contributed by atoms with Crippen molar-refractivity contribution in [1.82, 2.24) is 10.6 Å². The highest BCUT2D eigenvalue weighted by Gasteiger charge is 2.37. The Morgan fingerprint density at radius 3 is 2.47 bits per heavy atom. The van der Waals surface area contributed by atoms with Crippen LogP contribution in [-0.2, 0) is 25.3 Å². The molecule has 0 unspecified atom stereocenters. The highest BCUT2D eigenvalue weighted by molar-refractivity contribution is 6.11. The number of anilines is 2. The largest absolute Gasteiger partial charge is 0.418 e. The van der Waals surface area contributed by atoms with Gasteiger partial charge in [-0.3, -0.25) is 14.4 Å². The topological polar surface area (TPSA) is 143 Å². The molecule has 0 aromatic heterocycles. The number of carbonyl (C=O) groups is 4. The molecular formula is C17H18F5N5O5. The summed E-state index contributed by atoms with van der Waals surface area (Å²) in [5.41, 5.74) is 2.88. The van der Waals surface area contributed by atoms with E-state index < -0.39 is 72.5 Å².